The van der Waals surface area contributed by atoms with Crippen molar-refractivity contribution in [2.45, 2.75) is 64.5 Å². The maximum atomic E-state index is 12.9. The van der Waals surface area contributed by atoms with Gasteiger partial charge in [0.2, 0.25) is 15.7 Å². The highest BCUT2D eigenvalue weighted by Gasteiger charge is 2.32. The van der Waals surface area contributed by atoms with Crippen LogP contribution in [0, 0.1) is 12.3 Å². The molecule has 1 aliphatic carbocycles. The number of rotatable bonds is 12. The second-order valence-electron chi connectivity index (χ2n) is 10.7. The van der Waals surface area contributed by atoms with Crippen LogP contribution < -0.4 is 10.0 Å². The number of carbonyl (C=O) groups excluding carboxylic acids is 1. The van der Waals surface area contributed by atoms with Crippen LogP contribution in [-0.4, -0.2) is 44.0 Å². The number of hydrogen-bond acceptors (Lipinski definition) is 6. The normalized spacial score (nSPS) is 14.1. The Morgan fingerprint density at radius 3 is 2.45 bits per heavy atom. The molecular weight excluding hydrogens is 506 g/mol. The van der Waals surface area contributed by atoms with Crippen LogP contribution >= 0.6 is 0 Å². The summed E-state index contributed by atoms with van der Waals surface area (Å²) >= 11 is 0. The lowest BCUT2D eigenvalue weighted by Crippen LogP contribution is -2.28. The van der Waals surface area contributed by atoms with Crippen molar-refractivity contribution in [1.82, 2.24) is 15.0 Å². The van der Waals surface area contributed by atoms with Crippen molar-refractivity contribution in [3.05, 3.63) is 52.7 Å². The van der Waals surface area contributed by atoms with Crippen molar-refractivity contribution < 1.29 is 27.5 Å². The highest BCUT2D eigenvalue weighted by atomic mass is 32.2. The van der Waals surface area contributed by atoms with Gasteiger partial charge in [-0.2, -0.15) is 0 Å². The quantitative estimate of drug-likeness (QED) is 0.282. The molecule has 0 bridgehead atoms. The number of nitrogens with zero attached hydrogens (tertiary/aromatic N) is 1. The molecule has 3 aromatic rings. The standard InChI is InChI=1S/C28H35N3O6S/c1-17-7-9-19(10-8-17)24-23(25(32)29-4)21-15-20(18-11-12-18)22(31-26(21)37-24)16-38(35,36)30-14-6-5-13-28(2,3)27(33)34/h7-10,15,18,30H,5-6,11-14,16H2,1-4H3,(H,29,32)(H,33,34). The number of pyridine rings is 1. The molecule has 0 saturated heterocycles. The molecule has 1 fully saturated rings. The van der Waals surface area contributed by atoms with E-state index in [0.29, 0.717) is 41.7 Å². The molecule has 3 N–H and O–H groups in total. The average molecular weight is 542 g/mol. The molecule has 9 nitrogen and oxygen atoms in total. The van der Waals surface area contributed by atoms with Gasteiger partial charge in [-0.25, -0.2) is 18.1 Å². The number of carboxylic acid groups (broad SMARTS) is 1. The Labute approximate surface area is 223 Å². The molecule has 0 spiro atoms. The zero-order chi connectivity index (χ0) is 27.7. The van der Waals surface area contributed by atoms with Gasteiger partial charge in [0, 0.05) is 19.2 Å². The minimum atomic E-state index is -3.69. The molecule has 38 heavy (non-hydrogen) atoms. The summed E-state index contributed by atoms with van der Waals surface area (Å²) in [5.41, 5.74) is 2.83. The fraction of sp³-hybridized carbons (Fsp3) is 0.464. The van der Waals surface area contributed by atoms with Gasteiger partial charge >= 0.3 is 5.97 Å². The molecule has 4 rings (SSSR count). The lowest BCUT2D eigenvalue weighted by atomic mass is 9.87. The Hall–Kier alpha value is -3.24. The Bertz CT molecular complexity index is 1450. The Kier molecular flexibility index (Phi) is 7.94. The second-order valence-corrected chi connectivity index (χ2v) is 12.5. The predicted molar refractivity (Wildman–Crippen MR) is 145 cm³/mol. The topological polar surface area (TPSA) is 139 Å². The molecule has 0 atom stereocenters. The summed E-state index contributed by atoms with van der Waals surface area (Å²) in [5, 5.41) is 12.5. The van der Waals surface area contributed by atoms with Crippen LogP contribution in [0.1, 0.15) is 79.0 Å². The fourth-order valence-corrected chi connectivity index (χ4v) is 5.60. The van der Waals surface area contributed by atoms with E-state index in [0.717, 1.165) is 29.5 Å². The van der Waals surface area contributed by atoms with Crippen LogP contribution in [0.3, 0.4) is 0 Å². The van der Waals surface area contributed by atoms with E-state index in [4.69, 9.17) is 4.42 Å². The minimum Gasteiger partial charge on any atom is -0.481 e. The summed E-state index contributed by atoms with van der Waals surface area (Å²) in [6.45, 7) is 5.52. The van der Waals surface area contributed by atoms with Gasteiger partial charge in [0.15, 0.2) is 0 Å². The molecule has 2 heterocycles. The number of hydrogen-bond donors (Lipinski definition) is 3. The third-order valence-electron chi connectivity index (χ3n) is 7.04. The van der Waals surface area contributed by atoms with Crippen LogP contribution in [0.2, 0.25) is 0 Å². The molecule has 1 aliphatic rings. The summed E-state index contributed by atoms with van der Waals surface area (Å²) in [7, 11) is -2.13. The highest BCUT2D eigenvalue weighted by molar-refractivity contribution is 7.88. The number of fused-ring (bicyclic) bond motifs is 1. The smallest absolute Gasteiger partial charge is 0.309 e. The maximum Gasteiger partial charge on any atom is 0.309 e. The first kappa shape index (κ1) is 27.8. The lowest BCUT2D eigenvalue weighted by molar-refractivity contribution is -0.147. The van der Waals surface area contributed by atoms with Gasteiger partial charge in [0.25, 0.3) is 5.91 Å². The predicted octanol–water partition coefficient (Wildman–Crippen LogP) is 4.74. The van der Waals surface area contributed by atoms with Crippen LogP contribution in [0.4, 0.5) is 0 Å². The number of carbonyl (C=O) groups is 2. The van der Waals surface area contributed by atoms with E-state index in [1.165, 1.54) is 0 Å². The number of furan rings is 1. The molecule has 1 saturated carbocycles. The van der Waals surface area contributed by atoms with E-state index in [2.05, 4.69) is 15.0 Å². The Balaban J connectivity index is 1.59. The first-order valence-electron chi connectivity index (χ1n) is 12.9. The zero-order valence-corrected chi connectivity index (χ0v) is 23.1. The van der Waals surface area contributed by atoms with Gasteiger partial charge < -0.3 is 14.8 Å². The molecule has 204 valence electrons. The number of nitrogens with one attached hydrogen (secondary N) is 2. The van der Waals surface area contributed by atoms with Crippen LogP contribution in [0.15, 0.2) is 34.7 Å². The van der Waals surface area contributed by atoms with E-state index in [9.17, 15) is 23.1 Å². The zero-order valence-electron chi connectivity index (χ0n) is 22.3. The van der Waals surface area contributed by atoms with Crippen LogP contribution in [-0.2, 0) is 20.6 Å². The van der Waals surface area contributed by atoms with E-state index in [-0.39, 0.29) is 29.8 Å². The van der Waals surface area contributed by atoms with Gasteiger partial charge in [0.1, 0.15) is 11.5 Å². The van der Waals surface area contributed by atoms with Crippen LogP contribution in [0.5, 0.6) is 0 Å². The molecule has 0 unspecified atom stereocenters. The molecule has 2 aromatic heterocycles. The third kappa shape index (κ3) is 6.24. The molecule has 1 aromatic carbocycles. The summed E-state index contributed by atoms with van der Waals surface area (Å²) < 4.78 is 34.6. The molecule has 1 amide bonds. The van der Waals surface area contributed by atoms with E-state index < -0.39 is 21.4 Å². The fourth-order valence-electron chi connectivity index (χ4n) is 4.45. The number of aromatic nitrogens is 1. The molecular formula is C28H35N3O6S. The summed E-state index contributed by atoms with van der Waals surface area (Å²) in [6.07, 6.45) is 3.46. The number of aryl methyl sites for hydroxylation is 1. The lowest BCUT2D eigenvalue weighted by Gasteiger charge is -2.18. The summed E-state index contributed by atoms with van der Waals surface area (Å²) in [6, 6.07) is 9.50. The highest BCUT2D eigenvalue weighted by Crippen LogP contribution is 2.44. The summed E-state index contributed by atoms with van der Waals surface area (Å²) in [5.74, 6) is -0.863. The second kappa shape index (κ2) is 10.9. The van der Waals surface area contributed by atoms with Crippen molar-refractivity contribution in [1.29, 1.82) is 0 Å². The van der Waals surface area contributed by atoms with Gasteiger partial charge in [-0.1, -0.05) is 36.2 Å². The number of aliphatic carboxylic acids is 1. The molecule has 0 aliphatic heterocycles. The average Bonchev–Trinajstić information content (AvgIpc) is 3.63. The van der Waals surface area contributed by atoms with Crippen molar-refractivity contribution in [2.75, 3.05) is 13.6 Å². The van der Waals surface area contributed by atoms with Gasteiger partial charge in [-0.15, -0.1) is 0 Å². The van der Waals surface area contributed by atoms with Gasteiger partial charge in [-0.05, 0) is 64.0 Å². The number of amides is 1. The van der Waals surface area contributed by atoms with Crippen molar-refractivity contribution in [3.63, 3.8) is 0 Å². The number of carboxylic acids is 1. The number of unbranched alkanes of at least 4 members (excludes halogenated alkanes) is 1. The first-order valence-corrected chi connectivity index (χ1v) is 14.5. The van der Waals surface area contributed by atoms with Gasteiger partial charge in [0.05, 0.1) is 22.1 Å². The Morgan fingerprint density at radius 2 is 1.84 bits per heavy atom. The van der Waals surface area contributed by atoms with E-state index in [1.807, 2.05) is 37.3 Å². The summed E-state index contributed by atoms with van der Waals surface area (Å²) in [4.78, 5) is 28.8. The molecule has 0 radical (unpaired) electrons. The molecule has 10 heteroatoms. The number of sulfonamides is 1. The van der Waals surface area contributed by atoms with Crippen molar-refractivity contribution in [2.24, 2.45) is 5.41 Å². The monoisotopic (exact) mass is 541 g/mol. The van der Waals surface area contributed by atoms with Crippen LogP contribution in [0.25, 0.3) is 22.4 Å². The maximum absolute atomic E-state index is 12.9. The van der Waals surface area contributed by atoms with Gasteiger partial charge in [-0.3, -0.25) is 9.59 Å². The van der Waals surface area contributed by atoms with E-state index in [1.54, 1.807) is 20.9 Å². The largest absolute Gasteiger partial charge is 0.481 e. The van der Waals surface area contributed by atoms with E-state index >= 15 is 0 Å². The van der Waals surface area contributed by atoms with Crippen molar-refractivity contribution >= 4 is 33.0 Å². The number of benzene rings is 1. The Morgan fingerprint density at radius 1 is 1.16 bits per heavy atom. The first-order chi connectivity index (χ1) is 17.9. The third-order valence-corrected chi connectivity index (χ3v) is 8.33. The van der Waals surface area contributed by atoms with Crippen molar-refractivity contribution in [3.8, 4) is 11.3 Å². The minimum absolute atomic E-state index is 0.200. The SMILES string of the molecule is CNC(=O)c1c(-c2ccc(C)cc2)oc2nc(CS(=O)(=O)NCCCCC(C)(C)C(=O)O)c(C3CC3)cc12.